The van der Waals surface area contributed by atoms with Gasteiger partial charge in [0, 0.05) is 6.42 Å². The normalized spacial score (nSPS) is 28.5. The second-order valence-electron chi connectivity index (χ2n) is 4.64. The highest BCUT2D eigenvalue weighted by atomic mass is 16.8. The zero-order valence-corrected chi connectivity index (χ0v) is 10.9. The third-order valence-electron chi connectivity index (χ3n) is 2.83. The summed E-state index contributed by atoms with van der Waals surface area (Å²) in [6, 6.07) is -0.0874. The maximum atomic E-state index is 11.6. The first-order chi connectivity index (χ1) is 8.00. The second kappa shape index (κ2) is 6.21. The fraction of sp³-hybridized carbons (Fsp3) is 0.917. The van der Waals surface area contributed by atoms with Crippen LogP contribution in [0.15, 0.2) is 0 Å². The van der Waals surface area contributed by atoms with Crippen LogP contribution in [-0.2, 0) is 9.57 Å². The van der Waals surface area contributed by atoms with Crippen molar-refractivity contribution in [3.63, 3.8) is 0 Å². The van der Waals surface area contributed by atoms with Crippen LogP contribution in [0.2, 0.25) is 0 Å². The third kappa shape index (κ3) is 4.16. The molecule has 1 rings (SSSR count). The van der Waals surface area contributed by atoms with Crippen LogP contribution in [-0.4, -0.2) is 34.7 Å². The number of aliphatic hydroxyl groups is 1. The number of hydroxylamine groups is 2. The Morgan fingerprint density at radius 1 is 1.53 bits per heavy atom. The van der Waals surface area contributed by atoms with Gasteiger partial charge in [0.2, 0.25) is 0 Å². The fourth-order valence-electron chi connectivity index (χ4n) is 2.07. The summed E-state index contributed by atoms with van der Waals surface area (Å²) in [5, 5.41) is 11.0. The van der Waals surface area contributed by atoms with Gasteiger partial charge >= 0.3 is 6.09 Å². The smallest absolute Gasteiger partial charge is 0.434 e. The van der Waals surface area contributed by atoms with Gasteiger partial charge in [0.05, 0.1) is 12.6 Å². The van der Waals surface area contributed by atoms with Crippen molar-refractivity contribution in [2.24, 2.45) is 0 Å². The summed E-state index contributed by atoms with van der Waals surface area (Å²) < 4.78 is 4.91. The molecule has 5 heteroatoms. The summed E-state index contributed by atoms with van der Waals surface area (Å²) in [7, 11) is 0. The molecule has 1 unspecified atom stereocenters. The highest BCUT2D eigenvalue weighted by Crippen LogP contribution is 2.31. The van der Waals surface area contributed by atoms with Crippen molar-refractivity contribution < 1.29 is 19.5 Å². The maximum absolute atomic E-state index is 11.6. The number of hydrogen-bond acceptors (Lipinski definition) is 4. The maximum Gasteiger partial charge on any atom is 0.434 e. The Morgan fingerprint density at radius 3 is 2.82 bits per heavy atom. The number of carbonyl (C=O) groups is 1. The number of hydrogen-bond donors (Lipinski definition) is 1. The van der Waals surface area contributed by atoms with E-state index in [0.717, 1.165) is 25.7 Å². The molecule has 1 amide bonds. The molecule has 1 aliphatic rings. The summed E-state index contributed by atoms with van der Waals surface area (Å²) in [6.45, 7) is 5.75. The van der Waals surface area contributed by atoms with E-state index in [1.165, 1.54) is 5.06 Å². The Kier molecular flexibility index (Phi) is 5.21. The molecule has 0 aromatic rings. The summed E-state index contributed by atoms with van der Waals surface area (Å²) in [5.74, 6) is -1.26. The lowest BCUT2D eigenvalue weighted by atomic mass is 10.0. The highest BCUT2D eigenvalue weighted by molar-refractivity contribution is 5.67. The molecular weight excluding hydrogens is 222 g/mol. The molecule has 1 aliphatic heterocycles. The van der Waals surface area contributed by atoms with Crippen LogP contribution in [0.25, 0.3) is 0 Å². The van der Waals surface area contributed by atoms with Gasteiger partial charge in [-0.3, -0.25) is 0 Å². The van der Waals surface area contributed by atoms with Crippen molar-refractivity contribution in [1.82, 2.24) is 5.06 Å². The van der Waals surface area contributed by atoms with Crippen molar-refractivity contribution in [2.75, 3.05) is 6.61 Å². The summed E-state index contributed by atoms with van der Waals surface area (Å²) in [6.07, 6.45) is 4.04. The Morgan fingerprint density at radius 2 is 2.24 bits per heavy atom. The number of amides is 1. The van der Waals surface area contributed by atoms with E-state index < -0.39 is 11.9 Å². The minimum atomic E-state index is -1.26. The molecule has 100 valence electrons. The molecule has 1 saturated heterocycles. The molecule has 1 fully saturated rings. The molecular formula is C12H23NO4. The van der Waals surface area contributed by atoms with E-state index in [1.807, 2.05) is 0 Å². The first-order valence-corrected chi connectivity index (χ1v) is 6.37. The van der Waals surface area contributed by atoms with E-state index in [2.05, 4.69) is 6.92 Å². The molecule has 0 aromatic carbocycles. The Balaban J connectivity index is 2.54. The Labute approximate surface area is 103 Å². The third-order valence-corrected chi connectivity index (χ3v) is 2.83. The quantitative estimate of drug-likeness (QED) is 0.756. The molecule has 0 saturated carbocycles. The minimum absolute atomic E-state index is 0.0874. The zero-order valence-electron chi connectivity index (χ0n) is 10.9. The van der Waals surface area contributed by atoms with Crippen molar-refractivity contribution in [3.8, 4) is 0 Å². The van der Waals surface area contributed by atoms with Crippen LogP contribution in [0.4, 0.5) is 4.79 Å². The largest absolute Gasteiger partial charge is 0.448 e. The predicted octanol–water partition coefficient (Wildman–Crippen LogP) is 2.44. The molecule has 0 radical (unpaired) electrons. The van der Waals surface area contributed by atoms with Crippen molar-refractivity contribution in [3.05, 3.63) is 0 Å². The van der Waals surface area contributed by atoms with Gasteiger partial charge in [0.25, 0.3) is 0 Å². The van der Waals surface area contributed by atoms with Crippen LogP contribution < -0.4 is 0 Å². The van der Waals surface area contributed by atoms with Gasteiger partial charge in [-0.05, 0) is 20.3 Å². The predicted molar refractivity (Wildman–Crippen MR) is 63.1 cm³/mol. The lowest BCUT2D eigenvalue weighted by molar-refractivity contribution is -0.260. The van der Waals surface area contributed by atoms with Gasteiger partial charge in [0.1, 0.15) is 0 Å². The standard InChI is InChI=1S/C12H23NO4/c1-4-6-7-8-10-9-12(3,15)17-13(10)11(14)16-5-2/h10,15H,4-9H2,1-3H3/t10?,12-/m0/s1. The highest BCUT2D eigenvalue weighted by Gasteiger charge is 2.43. The van der Waals surface area contributed by atoms with Gasteiger partial charge in [-0.2, -0.15) is 5.06 Å². The van der Waals surface area contributed by atoms with E-state index >= 15 is 0 Å². The van der Waals surface area contributed by atoms with Crippen LogP contribution in [0.1, 0.15) is 52.9 Å². The van der Waals surface area contributed by atoms with Gasteiger partial charge in [-0.15, -0.1) is 0 Å². The molecule has 1 heterocycles. The van der Waals surface area contributed by atoms with E-state index in [9.17, 15) is 9.90 Å². The average Bonchev–Trinajstić information content (AvgIpc) is 2.55. The van der Waals surface area contributed by atoms with E-state index in [-0.39, 0.29) is 6.04 Å². The average molecular weight is 245 g/mol. The molecule has 0 aromatic heterocycles. The van der Waals surface area contributed by atoms with E-state index in [1.54, 1.807) is 13.8 Å². The molecule has 1 N–H and O–H groups in total. The monoisotopic (exact) mass is 245 g/mol. The van der Waals surface area contributed by atoms with Crippen LogP contribution in [0, 0.1) is 0 Å². The van der Waals surface area contributed by atoms with Crippen LogP contribution in [0.5, 0.6) is 0 Å². The van der Waals surface area contributed by atoms with Gasteiger partial charge in [-0.1, -0.05) is 26.2 Å². The molecule has 17 heavy (non-hydrogen) atoms. The molecule has 0 spiro atoms. The number of nitrogens with zero attached hydrogens (tertiary/aromatic N) is 1. The second-order valence-corrected chi connectivity index (χ2v) is 4.64. The van der Waals surface area contributed by atoms with Gasteiger partial charge in [-0.25, -0.2) is 9.63 Å². The van der Waals surface area contributed by atoms with Crippen molar-refractivity contribution >= 4 is 6.09 Å². The molecule has 0 aliphatic carbocycles. The topological polar surface area (TPSA) is 59.0 Å². The first-order valence-electron chi connectivity index (χ1n) is 6.37. The lowest BCUT2D eigenvalue weighted by Gasteiger charge is -2.21. The first kappa shape index (κ1) is 14.3. The van der Waals surface area contributed by atoms with E-state index in [0.29, 0.717) is 13.0 Å². The fourth-order valence-corrected chi connectivity index (χ4v) is 2.07. The van der Waals surface area contributed by atoms with Crippen LogP contribution in [0.3, 0.4) is 0 Å². The lowest BCUT2D eigenvalue weighted by Crippen LogP contribution is -2.36. The Hall–Kier alpha value is -0.810. The minimum Gasteiger partial charge on any atom is -0.448 e. The van der Waals surface area contributed by atoms with E-state index in [4.69, 9.17) is 9.57 Å². The van der Waals surface area contributed by atoms with Gasteiger partial charge < -0.3 is 9.84 Å². The van der Waals surface area contributed by atoms with Crippen molar-refractivity contribution in [2.45, 2.75) is 64.7 Å². The van der Waals surface area contributed by atoms with Gasteiger partial charge in [0.15, 0.2) is 5.79 Å². The molecule has 2 atom stereocenters. The summed E-state index contributed by atoms with van der Waals surface area (Å²) in [4.78, 5) is 16.9. The Bertz CT molecular complexity index is 255. The van der Waals surface area contributed by atoms with Crippen molar-refractivity contribution in [1.29, 1.82) is 0 Å². The summed E-state index contributed by atoms with van der Waals surface area (Å²) >= 11 is 0. The van der Waals surface area contributed by atoms with Crippen LogP contribution >= 0.6 is 0 Å². The summed E-state index contributed by atoms with van der Waals surface area (Å²) in [5.41, 5.74) is 0. The molecule has 5 nitrogen and oxygen atoms in total. The number of ether oxygens (including phenoxy) is 1. The number of rotatable bonds is 5. The zero-order chi connectivity index (χ0) is 12.9. The molecule has 0 bridgehead atoms. The number of unbranched alkanes of at least 4 members (excludes halogenated alkanes) is 2. The SMILES string of the molecule is CCCCCC1C[C@@](C)(O)ON1C(=O)OCC. The number of carbonyl (C=O) groups excluding carboxylic acids is 1.